The smallest absolute Gasteiger partial charge is 0.121 e. The lowest BCUT2D eigenvalue weighted by Gasteiger charge is -2.51. The summed E-state index contributed by atoms with van der Waals surface area (Å²) in [5, 5.41) is 1.06. The van der Waals surface area contributed by atoms with Crippen LogP contribution in [0.5, 0.6) is 5.75 Å². The molecule has 0 aromatic heterocycles. The summed E-state index contributed by atoms with van der Waals surface area (Å²) in [4.78, 5) is 0. The predicted octanol–water partition coefficient (Wildman–Crippen LogP) is 3.89. The van der Waals surface area contributed by atoms with Crippen LogP contribution in [0.1, 0.15) is 26.7 Å². The molecule has 1 aliphatic carbocycles. The van der Waals surface area contributed by atoms with Crippen LogP contribution >= 0.6 is 23.2 Å². The van der Waals surface area contributed by atoms with Crippen molar-refractivity contribution < 1.29 is 4.74 Å². The van der Waals surface area contributed by atoms with Gasteiger partial charge in [-0.15, -0.1) is 0 Å². The molecule has 3 unspecified atom stereocenters. The van der Waals surface area contributed by atoms with Crippen molar-refractivity contribution in [3.05, 3.63) is 28.2 Å². The first-order valence-corrected chi connectivity index (χ1v) is 6.60. The van der Waals surface area contributed by atoms with Gasteiger partial charge in [-0.1, -0.05) is 37.0 Å². The molecule has 0 aliphatic heterocycles. The predicted molar refractivity (Wildman–Crippen MR) is 71.9 cm³/mol. The van der Waals surface area contributed by atoms with Crippen LogP contribution in [0.3, 0.4) is 0 Å². The molecule has 1 saturated carbocycles. The number of hydrogen-bond donors (Lipinski definition) is 1. The Morgan fingerprint density at radius 1 is 1.41 bits per heavy atom. The fraction of sp³-hybridized carbons (Fsp3) is 0.538. The van der Waals surface area contributed by atoms with E-state index in [-0.39, 0.29) is 17.6 Å². The number of hydrogen-bond acceptors (Lipinski definition) is 2. The number of benzene rings is 1. The lowest BCUT2D eigenvalue weighted by Crippen LogP contribution is -2.61. The van der Waals surface area contributed by atoms with Crippen LogP contribution in [0.4, 0.5) is 0 Å². The Morgan fingerprint density at radius 2 is 2.12 bits per heavy atom. The molecule has 2 rings (SSSR count). The average Bonchev–Trinajstić information content (AvgIpc) is 2.32. The van der Waals surface area contributed by atoms with Crippen molar-refractivity contribution >= 4 is 23.2 Å². The Bertz CT molecular complexity index is 424. The second-order valence-corrected chi connectivity index (χ2v) is 5.70. The fourth-order valence-corrected chi connectivity index (χ4v) is 2.52. The van der Waals surface area contributed by atoms with Gasteiger partial charge in [0.05, 0.1) is 10.0 Å². The maximum absolute atomic E-state index is 6.04. The van der Waals surface area contributed by atoms with Crippen molar-refractivity contribution in [1.29, 1.82) is 0 Å². The molecule has 0 heterocycles. The van der Waals surface area contributed by atoms with E-state index in [0.29, 0.717) is 10.0 Å². The van der Waals surface area contributed by atoms with Gasteiger partial charge in [-0.05, 0) is 18.6 Å². The Hall–Kier alpha value is -0.440. The molecule has 1 aliphatic rings. The van der Waals surface area contributed by atoms with Crippen molar-refractivity contribution in [1.82, 2.24) is 0 Å². The second-order valence-electron chi connectivity index (χ2n) is 4.88. The van der Waals surface area contributed by atoms with E-state index in [1.807, 2.05) is 6.07 Å². The Balaban J connectivity index is 2.09. The quantitative estimate of drug-likeness (QED) is 0.907. The molecule has 17 heavy (non-hydrogen) atoms. The lowest BCUT2D eigenvalue weighted by atomic mass is 9.62. The Labute approximate surface area is 112 Å². The summed E-state index contributed by atoms with van der Waals surface area (Å²) in [5.41, 5.74) is 6.10. The summed E-state index contributed by atoms with van der Waals surface area (Å²) in [6.07, 6.45) is 2.07. The molecule has 0 spiro atoms. The molecule has 0 saturated heterocycles. The van der Waals surface area contributed by atoms with Gasteiger partial charge in [-0.2, -0.15) is 0 Å². The highest BCUT2D eigenvalue weighted by molar-refractivity contribution is 6.42. The minimum atomic E-state index is 0.0616. The minimum Gasteiger partial charge on any atom is -0.490 e. The van der Waals surface area contributed by atoms with Gasteiger partial charge in [0.25, 0.3) is 0 Å². The van der Waals surface area contributed by atoms with Crippen LogP contribution in [0, 0.1) is 5.41 Å². The molecule has 0 radical (unpaired) electrons. The molecular weight excluding hydrogens is 257 g/mol. The summed E-state index contributed by atoms with van der Waals surface area (Å²) < 4.78 is 5.94. The third kappa shape index (κ3) is 2.26. The van der Waals surface area contributed by atoms with Gasteiger partial charge in [0.15, 0.2) is 0 Å². The van der Waals surface area contributed by atoms with Crippen molar-refractivity contribution in [3.8, 4) is 5.75 Å². The first-order valence-electron chi connectivity index (χ1n) is 5.84. The summed E-state index contributed by atoms with van der Waals surface area (Å²) in [7, 11) is 0. The topological polar surface area (TPSA) is 35.2 Å². The standard InChI is InChI=1S/C13H17Cl2NO/c1-3-13(2)11(16)7-12(13)17-8-4-5-9(14)10(15)6-8/h4-6,11-12H,3,7,16H2,1-2H3. The van der Waals surface area contributed by atoms with Crippen LogP contribution < -0.4 is 10.5 Å². The van der Waals surface area contributed by atoms with Gasteiger partial charge in [-0.3, -0.25) is 0 Å². The molecule has 3 atom stereocenters. The van der Waals surface area contributed by atoms with E-state index in [4.69, 9.17) is 33.7 Å². The molecule has 4 heteroatoms. The zero-order chi connectivity index (χ0) is 12.6. The van der Waals surface area contributed by atoms with Crippen molar-refractivity contribution in [2.45, 2.75) is 38.8 Å². The highest BCUT2D eigenvalue weighted by atomic mass is 35.5. The van der Waals surface area contributed by atoms with Crippen LogP contribution in [0.25, 0.3) is 0 Å². The third-order valence-electron chi connectivity index (χ3n) is 3.98. The molecule has 0 amide bonds. The van der Waals surface area contributed by atoms with E-state index in [1.54, 1.807) is 12.1 Å². The van der Waals surface area contributed by atoms with Crippen molar-refractivity contribution in [3.63, 3.8) is 0 Å². The average molecular weight is 274 g/mol. The summed E-state index contributed by atoms with van der Waals surface area (Å²) >= 11 is 11.8. The van der Waals surface area contributed by atoms with Crippen LogP contribution in [0.15, 0.2) is 18.2 Å². The molecule has 0 bridgehead atoms. The molecule has 94 valence electrons. The summed E-state index contributed by atoms with van der Waals surface area (Å²) in [6, 6.07) is 5.57. The highest BCUT2D eigenvalue weighted by Crippen LogP contribution is 2.45. The molecular formula is C13H17Cl2NO. The number of nitrogens with two attached hydrogens (primary N) is 1. The molecule has 2 N–H and O–H groups in total. The van der Waals surface area contributed by atoms with E-state index in [0.717, 1.165) is 18.6 Å². The zero-order valence-electron chi connectivity index (χ0n) is 10.0. The van der Waals surface area contributed by atoms with Crippen LogP contribution in [-0.2, 0) is 0 Å². The Morgan fingerprint density at radius 3 is 2.65 bits per heavy atom. The zero-order valence-corrected chi connectivity index (χ0v) is 11.6. The monoisotopic (exact) mass is 273 g/mol. The first-order chi connectivity index (χ1) is 7.97. The molecule has 1 aromatic carbocycles. The lowest BCUT2D eigenvalue weighted by molar-refractivity contribution is -0.0560. The SMILES string of the molecule is CCC1(C)C(N)CC1Oc1ccc(Cl)c(Cl)c1. The molecule has 2 nitrogen and oxygen atoms in total. The van der Waals surface area contributed by atoms with Crippen molar-refractivity contribution in [2.24, 2.45) is 11.1 Å². The third-order valence-corrected chi connectivity index (χ3v) is 4.72. The second kappa shape index (κ2) is 4.68. The molecule has 1 aromatic rings. The fourth-order valence-electron chi connectivity index (χ4n) is 2.23. The van der Waals surface area contributed by atoms with Gasteiger partial charge >= 0.3 is 0 Å². The normalized spacial score (nSPS) is 32.1. The number of rotatable bonds is 3. The van der Waals surface area contributed by atoms with E-state index in [2.05, 4.69) is 13.8 Å². The minimum absolute atomic E-state index is 0.0616. The van der Waals surface area contributed by atoms with Gasteiger partial charge in [-0.25, -0.2) is 0 Å². The maximum Gasteiger partial charge on any atom is 0.121 e. The van der Waals surface area contributed by atoms with E-state index in [1.165, 1.54) is 0 Å². The van der Waals surface area contributed by atoms with Gasteiger partial charge in [0.1, 0.15) is 11.9 Å². The van der Waals surface area contributed by atoms with E-state index in [9.17, 15) is 0 Å². The molecule has 1 fully saturated rings. The van der Waals surface area contributed by atoms with Gasteiger partial charge in [0.2, 0.25) is 0 Å². The maximum atomic E-state index is 6.04. The first kappa shape index (κ1) is 13.0. The highest BCUT2D eigenvalue weighted by Gasteiger charge is 2.50. The largest absolute Gasteiger partial charge is 0.490 e. The number of halogens is 2. The summed E-state index contributed by atoms with van der Waals surface area (Å²) in [5.74, 6) is 0.760. The van der Waals surface area contributed by atoms with Crippen LogP contribution in [0.2, 0.25) is 10.0 Å². The van der Waals surface area contributed by atoms with Crippen molar-refractivity contribution in [2.75, 3.05) is 0 Å². The van der Waals surface area contributed by atoms with Gasteiger partial charge < -0.3 is 10.5 Å². The Kier molecular flexibility index (Phi) is 3.58. The van der Waals surface area contributed by atoms with E-state index < -0.39 is 0 Å². The summed E-state index contributed by atoms with van der Waals surface area (Å²) in [6.45, 7) is 4.31. The van der Waals surface area contributed by atoms with E-state index >= 15 is 0 Å². The number of ether oxygens (including phenoxy) is 1. The van der Waals surface area contributed by atoms with Crippen LogP contribution in [-0.4, -0.2) is 12.1 Å². The van der Waals surface area contributed by atoms with Gasteiger partial charge in [0, 0.05) is 23.9 Å².